The maximum Gasteiger partial charge on any atom is 0.340 e. The Balaban J connectivity index is 3.97. The zero-order valence-electron chi connectivity index (χ0n) is 15.5. The summed E-state index contributed by atoms with van der Waals surface area (Å²) in [6.07, 6.45) is 0. The molecule has 0 saturated heterocycles. The van der Waals surface area contributed by atoms with E-state index in [2.05, 4.69) is 9.47 Å². The molecule has 11 heteroatoms. The number of ether oxygens (including phenoxy) is 4. The summed E-state index contributed by atoms with van der Waals surface area (Å²) < 4.78 is 29.5. The summed E-state index contributed by atoms with van der Waals surface area (Å²) in [5.41, 5.74) is -2.95. The van der Waals surface area contributed by atoms with Gasteiger partial charge in [0.15, 0.2) is 5.41 Å². The van der Waals surface area contributed by atoms with Crippen LogP contribution in [-0.4, -0.2) is 78.5 Å². The lowest BCUT2D eigenvalue weighted by atomic mass is 9.92. The highest BCUT2D eigenvalue weighted by Gasteiger charge is 2.73. The summed E-state index contributed by atoms with van der Waals surface area (Å²) in [7, 11) is 3.50. The second-order valence-electron chi connectivity index (χ2n) is 5.03. The molecule has 0 aromatic carbocycles. The summed E-state index contributed by atoms with van der Waals surface area (Å²) in [4.78, 5) is 49.7. The lowest BCUT2D eigenvalue weighted by Gasteiger charge is -2.27. The molecule has 0 fully saturated rings. The third-order valence-corrected chi connectivity index (χ3v) is 6.77. The Morgan fingerprint density at radius 1 is 0.731 bits per heavy atom. The number of esters is 4. The first-order valence-corrected chi connectivity index (χ1v) is 9.19. The van der Waals surface area contributed by atoms with Gasteiger partial charge in [-0.3, -0.25) is 4.79 Å². The minimum absolute atomic E-state index is 0.370. The fourth-order valence-electron chi connectivity index (χ4n) is 2.66. The fraction of sp³-hybridized carbons (Fsp3) is 0.533. The Kier molecular flexibility index (Phi) is 6.76. The molecule has 0 spiro atoms. The van der Waals surface area contributed by atoms with Crippen LogP contribution in [0.5, 0.6) is 0 Å². The molecule has 0 aliphatic heterocycles. The summed E-state index contributed by atoms with van der Waals surface area (Å²) in [6, 6.07) is 0. The normalized spacial score (nSPS) is 15.0. The zero-order valence-corrected chi connectivity index (χ0v) is 16.4. The Morgan fingerprint density at radius 3 is 1.42 bits per heavy atom. The van der Waals surface area contributed by atoms with Crippen molar-refractivity contribution in [2.45, 2.75) is 0 Å². The predicted molar refractivity (Wildman–Crippen MR) is 89.4 cm³/mol. The van der Waals surface area contributed by atoms with Gasteiger partial charge in [0.1, 0.15) is 12.6 Å². The standard InChI is InChI=1S/C15H21O10P/c1-20-11(16)8-9(12(17)21-2)15(8,14(19)23-4)10(13(18)22-3)26(7,24-5)25-6/h1-7H3. The highest BCUT2D eigenvalue weighted by Crippen LogP contribution is 2.63. The molecule has 1 aliphatic carbocycles. The van der Waals surface area contributed by atoms with Crippen LogP contribution >= 0.6 is 7.34 Å². The van der Waals surface area contributed by atoms with E-state index in [1.54, 1.807) is 0 Å². The van der Waals surface area contributed by atoms with Crippen molar-refractivity contribution in [3.05, 3.63) is 11.1 Å². The smallest absolute Gasteiger partial charge is 0.340 e. The van der Waals surface area contributed by atoms with Crippen LogP contribution in [0, 0.1) is 5.41 Å². The van der Waals surface area contributed by atoms with E-state index in [9.17, 15) is 19.2 Å². The van der Waals surface area contributed by atoms with Gasteiger partial charge in [0.25, 0.3) is 0 Å². The van der Waals surface area contributed by atoms with Crippen LogP contribution in [0.2, 0.25) is 0 Å². The van der Waals surface area contributed by atoms with Gasteiger partial charge in [0.2, 0.25) is 0 Å². The number of hydrogen-bond acceptors (Lipinski definition) is 10. The number of carbonyl (C=O) groups is 4. The molecule has 0 bridgehead atoms. The zero-order chi connectivity index (χ0) is 20.3. The quantitative estimate of drug-likeness (QED) is 0.330. The molecule has 26 heavy (non-hydrogen) atoms. The second-order valence-corrected chi connectivity index (χ2v) is 7.90. The molecule has 0 heterocycles. The van der Waals surface area contributed by atoms with Gasteiger partial charge in [0.05, 0.1) is 39.6 Å². The molecule has 146 valence electrons. The average molecular weight is 392 g/mol. The van der Waals surface area contributed by atoms with E-state index < -0.39 is 36.6 Å². The summed E-state index contributed by atoms with van der Waals surface area (Å²) in [6.45, 7) is 1.42. The lowest BCUT2D eigenvalue weighted by Crippen LogP contribution is -2.41. The van der Waals surface area contributed by atoms with E-state index in [-0.39, 0.29) is 16.4 Å². The monoisotopic (exact) mass is 392 g/mol. The molecule has 0 radical (unpaired) electrons. The molecule has 0 N–H and O–H groups in total. The SMILES string of the molecule is COC(=O)C1=C(C(=O)OC)C1(C(=O)OC)C(C(=O)OC)=P(C)(OC)OC. The van der Waals surface area contributed by atoms with Crippen molar-refractivity contribution in [1.82, 2.24) is 0 Å². The molecule has 0 atom stereocenters. The van der Waals surface area contributed by atoms with Crippen molar-refractivity contribution in [1.29, 1.82) is 0 Å². The minimum atomic E-state index is -3.23. The molecular formula is C15H21O10P. The minimum Gasteiger partial charge on any atom is -0.468 e. The Hall–Kier alpha value is -2.16. The van der Waals surface area contributed by atoms with E-state index in [0.717, 1.165) is 28.4 Å². The summed E-state index contributed by atoms with van der Waals surface area (Å²) in [5, 5.41) is -0.370. The van der Waals surface area contributed by atoms with Gasteiger partial charge in [-0.25, -0.2) is 14.4 Å². The van der Waals surface area contributed by atoms with Crippen LogP contribution in [0.1, 0.15) is 0 Å². The average Bonchev–Trinajstić information content (AvgIpc) is 3.35. The van der Waals surface area contributed by atoms with Gasteiger partial charge in [-0.1, -0.05) is 0 Å². The molecule has 0 aromatic heterocycles. The van der Waals surface area contributed by atoms with Crippen molar-refractivity contribution in [2.75, 3.05) is 49.3 Å². The summed E-state index contributed by atoms with van der Waals surface area (Å²) >= 11 is 0. The van der Waals surface area contributed by atoms with E-state index in [4.69, 9.17) is 18.5 Å². The first-order chi connectivity index (χ1) is 12.2. The Morgan fingerprint density at radius 2 is 1.15 bits per heavy atom. The van der Waals surface area contributed by atoms with Crippen LogP contribution in [0.3, 0.4) is 0 Å². The highest BCUT2D eigenvalue weighted by molar-refractivity contribution is 7.68. The fourth-order valence-corrected chi connectivity index (χ4v) is 4.53. The largest absolute Gasteiger partial charge is 0.468 e. The van der Waals surface area contributed by atoms with Crippen molar-refractivity contribution in [3.8, 4) is 0 Å². The Labute approximate surface area is 150 Å². The van der Waals surface area contributed by atoms with Gasteiger partial charge >= 0.3 is 23.9 Å². The molecule has 0 aromatic rings. The van der Waals surface area contributed by atoms with E-state index in [0.29, 0.717) is 0 Å². The third kappa shape index (κ3) is 3.04. The van der Waals surface area contributed by atoms with Crippen LogP contribution < -0.4 is 0 Å². The van der Waals surface area contributed by atoms with Crippen molar-refractivity contribution < 1.29 is 47.2 Å². The van der Waals surface area contributed by atoms with Gasteiger partial charge in [-0.05, 0) is 0 Å². The van der Waals surface area contributed by atoms with E-state index in [1.165, 1.54) is 20.9 Å². The topological polar surface area (TPSA) is 124 Å². The number of rotatable bonds is 7. The van der Waals surface area contributed by atoms with E-state index in [1.807, 2.05) is 0 Å². The first kappa shape index (κ1) is 21.9. The number of hydrogen-bond donors (Lipinski definition) is 0. The van der Waals surface area contributed by atoms with Gasteiger partial charge in [-0.2, -0.15) is 0 Å². The van der Waals surface area contributed by atoms with Crippen LogP contribution in [0.15, 0.2) is 11.1 Å². The number of carbonyl (C=O) groups excluding carboxylic acids is 4. The Bertz CT molecular complexity index is 699. The molecular weight excluding hydrogens is 371 g/mol. The molecule has 0 amide bonds. The maximum absolute atomic E-state index is 12.7. The van der Waals surface area contributed by atoms with Crippen molar-refractivity contribution in [3.63, 3.8) is 0 Å². The van der Waals surface area contributed by atoms with Gasteiger partial charge < -0.3 is 28.0 Å². The number of methoxy groups -OCH3 is 4. The molecule has 1 rings (SSSR count). The van der Waals surface area contributed by atoms with Crippen molar-refractivity contribution >= 4 is 36.5 Å². The maximum atomic E-state index is 12.7. The molecule has 0 saturated carbocycles. The third-order valence-electron chi connectivity index (χ3n) is 4.05. The van der Waals surface area contributed by atoms with Gasteiger partial charge in [0, 0.05) is 20.9 Å². The van der Waals surface area contributed by atoms with Crippen LogP contribution in [0.25, 0.3) is 0 Å². The van der Waals surface area contributed by atoms with Crippen molar-refractivity contribution in [2.24, 2.45) is 5.41 Å². The second kappa shape index (κ2) is 8.03. The summed E-state index contributed by atoms with van der Waals surface area (Å²) in [5.74, 6) is -4.08. The molecule has 10 nitrogen and oxygen atoms in total. The molecule has 0 unspecified atom stereocenters. The predicted octanol–water partition coefficient (Wildman–Crippen LogP) is -0.0824. The van der Waals surface area contributed by atoms with Crippen LogP contribution in [-0.2, 0) is 47.2 Å². The van der Waals surface area contributed by atoms with Crippen LogP contribution in [0.4, 0.5) is 0 Å². The van der Waals surface area contributed by atoms with Gasteiger partial charge in [-0.15, -0.1) is 0 Å². The molecule has 1 aliphatic rings. The van der Waals surface area contributed by atoms with E-state index >= 15 is 0 Å². The first-order valence-electron chi connectivity index (χ1n) is 7.12. The highest BCUT2D eigenvalue weighted by atomic mass is 31.2. The lowest BCUT2D eigenvalue weighted by molar-refractivity contribution is -0.148.